The molecule has 0 fully saturated rings. The van der Waals surface area contributed by atoms with Crippen molar-refractivity contribution in [3.05, 3.63) is 23.8 Å². The fourth-order valence-electron chi connectivity index (χ4n) is 3.17. The lowest BCUT2D eigenvalue weighted by atomic mass is 9.84. The van der Waals surface area contributed by atoms with Crippen molar-refractivity contribution in [2.24, 2.45) is 11.3 Å². The lowest BCUT2D eigenvalue weighted by molar-refractivity contribution is -0.117. The number of benzene rings is 1. The van der Waals surface area contributed by atoms with Crippen LogP contribution >= 0.6 is 0 Å². The van der Waals surface area contributed by atoms with Crippen LogP contribution in [0, 0.1) is 18.3 Å². The molecule has 1 amide bonds. The van der Waals surface area contributed by atoms with Crippen LogP contribution in [0.3, 0.4) is 0 Å². The summed E-state index contributed by atoms with van der Waals surface area (Å²) in [5.74, 6) is 0.503. The Hall–Kier alpha value is -1.51. The number of anilines is 2. The highest BCUT2D eigenvalue weighted by Crippen LogP contribution is 2.27. The number of amides is 1. The van der Waals surface area contributed by atoms with Crippen LogP contribution < -0.4 is 10.2 Å². The number of carbonyl (C=O) groups is 1. The molecule has 3 heteroatoms. The summed E-state index contributed by atoms with van der Waals surface area (Å²) < 4.78 is 0. The van der Waals surface area contributed by atoms with Crippen molar-refractivity contribution in [2.75, 3.05) is 23.3 Å². The summed E-state index contributed by atoms with van der Waals surface area (Å²) in [6, 6.07) is 6.30. The second-order valence-corrected chi connectivity index (χ2v) is 7.79. The minimum atomic E-state index is 0.113. The Kier molecular flexibility index (Phi) is 7.11. The van der Waals surface area contributed by atoms with Gasteiger partial charge >= 0.3 is 0 Å². The third kappa shape index (κ3) is 6.64. The highest BCUT2D eigenvalue weighted by Gasteiger charge is 2.18. The van der Waals surface area contributed by atoms with E-state index in [1.165, 1.54) is 5.69 Å². The van der Waals surface area contributed by atoms with Gasteiger partial charge in [0, 0.05) is 30.9 Å². The highest BCUT2D eigenvalue weighted by atomic mass is 16.1. The number of nitrogens with zero attached hydrogens (tertiary/aromatic N) is 1. The van der Waals surface area contributed by atoms with E-state index >= 15 is 0 Å². The molecule has 1 rings (SSSR count). The van der Waals surface area contributed by atoms with Gasteiger partial charge in [0.2, 0.25) is 5.91 Å². The maximum Gasteiger partial charge on any atom is 0.224 e. The zero-order chi connectivity index (χ0) is 17.6. The SMILES string of the molecule is CCN(CC)c1ccc(C)c(NC(=O)CC(C)CC(C)(C)C)c1. The van der Waals surface area contributed by atoms with E-state index in [1.807, 2.05) is 6.92 Å². The van der Waals surface area contributed by atoms with Gasteiger partial charge in [0.1, 0.15) is 0 Å². The van der Waals surface area contributed by atoms with Gasteiger partial charge in [-0.1, -0.05) is 33.8 Å². The average Bonchev–Trinajstić information content (AvgIpc) is 2.41. The molecule has 0 bridgehead atoms. The normalized spacial score (nSPS) is 12.8. The Labute approximate surface area is 142 Å². The fraction of sp³-hybridized carbons (Fsp3) is 0.650. The molecule has 0 saturated carbocycles. The molecular formula is C20H34N2O. The van der Waals surface area contributed by atoms with E-state index in [-0.39, 0.29) is 11.3 Å². The molecule has 0 aliphatic heterocycles. The lowest BCUT2D eigenvalue weighted by Crippen LogP contribution is -2.22. The number of nitrogens with one attached hydrogen (secondary N) is 1. The van der Waals surface area contributed by atoms with Crippen LogP contribution in [0.1, 0.15) is 59.9 Å². The van der Waals surface area contributed by atoms with Crippen LogP contribution in [0.2, 0.25) is 0 Å². The first-order valence-electron chi connectivity index (χ1n) is 8.81. The molecule has 0 spiro atoms. The van der Waals surface area contributed by atoms with Gasteiger partial charge in [-0.25, -0.2) is 0 Å². The van der Waals surface area contributed by atoms with Crippen molar-refractivity contribution in [2.45, 2.75) is 61.3 Å². The molecule has 0 aromatic heterocycles. The van der Waals surface area contributed by atoms with Crippen LogP contribution in [-0.2, 0) is 4.79 Å². The quantitative estimate of drug-likeness (QED) is 0.745. The molecule has 130 valence electrons. The number of carbonyl (C=O) groups excluding carboxylic acids is 1. The standard InChI is InChI=1S/C20H34N2O/c1-8-22(9-2)17-11-10-16(4)18(13-17)21-19(23)12-15(3)14-20(5,6)7/h10-11,13,15H,8-9,12,14H2,1-7H3,(H,21,23). The molecule has 1 N–H and O–H groups in total. The van der Waals surface area contributed by atoms with E-state index in [9.17, 15) is 4.79 Å². The van der Waals surface area contributed by atoms with Crippen LogP contribution in [0.5, 0.6) is 0 Å². The van der Waals surface area contributed by atoms with Gasteiger partial charge in [0.05, 0.1) is 0 Å². The first kappa shape index (κ1) is 19.5. The lowest BCUT2D eigenvalue weighted by Gasteiger charge is -2.24. The minimum absolute atomic E-state index is 0.113. The Morgan fingerprint density at radius 3 is 2.35 bits per heavy atom. The number of hydrogen-bond donors (Lipinski definition) is 1. The molecule has 1 aromatic rings. The maximum absolute atomic E-state index is 12.4. The molecule has 3 nitrogen and oxygen atoms in total. The number of hydrogen-bond acceptors (Lipinski definition) is 2. The summed E-state index contributed by atoms with van der Waals surface area (Å²) in [6.45, 7) is 17.1. The molecule has 0 radical (unpaired) electrons. The fourth-order valence-corrected chi connectivity index (χ4v) is 3.17. The molecule has 1 unspecified atom stereocenters. The van der Waals surface area contributed by atoms with Crippen LogP contribution in [0.4, 0.5) is 11.4 Å². The second-order valence-electron chi connectivity index (χ2n) is 7.79. The maximum atomic E-state index is 12.4. The number of aryl methyl sites for hydroxylation is 1. The van der Waals surface area contributed by atoms with Gasteiger partial charge in [-0.2, -0.15) is 0 Å². The molecule has 0 aliphatic rings. The second kappa shape index (κ2) is 8.37. The molecule has 1 aromatic carbocycles. The van der Waals surface area contributed by atoms with E-state index < -0.39 is 0 Å². The van der Waals surface area contributed by atoms with Gasteiger partial charge in [-0.3, -0.25) is 4.79 Å². The summed E-state index contributed by atoms with van der Waals surface area (Å²) in [4.78, 5) is 14.6. The minimum Gasteiger partial charge on any atom is -0.372 e. The largest absolute Gasteiger partial charge is 0.372 e. The summed E-state index contributed by atoms with van der Waals surface area (Å²) in [7, 11) is 0. The van der Waals surface area contributed by atoms with E-state index in [0.717, 1.165) is 30.8 Å². The van der Waals surface area contributed by atoms with Crippen molar-refractivity contribution in [3.63, 3.8) is 0 Å². The topological polar surface area (TPSA) is 32.3 Å². The van der Waals surface area contributed by atoms with E-state index in [0.29, 0.717) is 12.3 Å². The van der Waals surface area contributed by atoms with Crippen LogP contribution in [0.15, 0.2) is 18.2 Å². The monoisotopic (exact) mass is 318 g/mol. The Morgan fingerprint density at radius 1 is 1.22 bits per heavy atom. The molecule has 0 aliphatic carbocycles. The first-order valence-corrected chi connectivity index (χ1v) is 8.81. The van der Waals surface area contributed by atoms with Crippen molar-refractivity contribution in [1.82, 2.24) is 0 Å². The Balaban J connectivity index is 2.76. The smallest absolute Gasteiger partial charge is 0.224 e. The van der Waals surface area contributed by atoms with Gasteiger partial charge in [-0.15, -0.1) is 0 Å². The summed E-state index contributed by atoms with van der Waals surface area (Å²) >= 11 is 0. The summed E-state index contributed by atoms with van der Waals surface area (Å²) in [5, 5.41) is 3.10. The van der Waals surface area contributed by atoms with E-state index in [4.69, 9.17) is 0 Å². The molecule has 1 atom stereocenters. The molecule has 0 saturated heterocycles. The average molecular weight is 319 g/mol. The molecule has 23 heavy (non-hydrogen) atoms. The molecule has 0 heterocycles. The highest BCUT2D eigenvalue weighted by molar-refractivity contribution is 5.92. The zero-order valence-corrected chi connectivity index (χ0v) is 16.0. The summed E-state index contributed by atoms with van der Waals surface area (Å²) in [5.41, 5.74) is 3.47. The van der Waals surface area contributed by atoms with E-state index in [1.54, 1.807) is 0 Å². The van der Waals surface area contributed by atoms with Gasteiger partial charge in [0.25, 0.3) is 0 Å². The van der Waals surface area contributed by atoms with Gasteiger partial charge in [-0.05, 0) is 56.2 Å². The first-order chi connectivity index (χ1) is 10.7. The predicted molar refractivity (Wildman–Crippen MR) is 101 cm³/mol. The van der Waals surface area contributed by atoms with Crippen molar-refractivity contribution < 1.29 is 4.79 Å². The Morgan fingerprint density at radius 2 is 1.83 bits per heavy atom. The third-order valence-electron chi connectivity index (χ3n) is 4.12. The number of rotatable bonds is 7. The van der Waals surface area contributed by atoms with Gasteiger partial charge in [0.15, 0.2) is 0 Å². The Bertz CT molecular complexity index is 513. The van der Waals surface area contributed by atoms with Crippen LogP contribution in [0.25, 0.3) is 0 Å². The van der Waals surface area contributed by atoms with E-state index in [2.05, 4.69) is 70.0 Å². The van der Waals surface area contributed by atoms with Crippen molar-refractivity contribution >= 4 is 17.3 Å². The molecular weight excluding hydrogens is 284 g/mol. The van der Waals surface area contributed by atoms with Crippen molar-refractivity contribution in [1.29, 1.82) is 0 Å². The van der Waals surface area contributed by atoms with Crippen molar-refractivity contribution in [3.8, 4) is 0 Å². The van der Waals surface area contributed by atoms with Gasteiger partial charge < -0.3 is 10.2 Å². The predicted octanol–water partition coefficient (Wildman–Crippen LogP) is 5.24. The third-order valence-corrected chi connectivity index (χ3v) is 4.12. The summed E-state index contributed by atoms with van der Waals surface area (Å²) in [6.07, 6.45) is 1.63. The zero-order valence-electron chi connectivity index (χ0n) is 16.0. The van der Waals surface area contributed by atoms with Crippen LogP contribution in [-0.4, -0.2) is 19.0 Å².